The number of hydrogen-bond donors (Lipinski definition) is 2. The number of piperidine rings is 1. The van der Waals surface area contributed by atoms with Gasteiger partial charge in [-0.2, -0.15) is 26.3 Å². The summed E-state index contributed by atoms with van der Waals surface area (Å²) in [5.74, 6) is -4.74. The van der Waals surface area contributed by atoms with Gasteiger partial charge in [-0.3, -0.25) is 4.90 Å². The fourth-order valence-electron chi connectivity index (χ4n) is 3.98. The van der Waals surface area contributed by atoms with E-state index in [0.29, 0.717) is 0 Å². The van der Waals surface area contributed by atoms with Crippen molar-refractivity contribution in [2.24, 2.45) is 5.92 Å². The van der Waals surface area contributed by atoms with E-state index in [9.17, 15) is 30.7 Å². The van der Waals surface area contributed by atoms with E-state index in [1.54, 1.807) is 12.1 Å². The van der Waals surface area contributed by atoms with Crippen LogP contribution in [0.4, 0.5) is 36.4 Å². The molecule has 2 saturated heterocycles. The Morgan fingerprint density at radius 2 is 1.58 bits per heavy atom. The van der Waals surface area contributed by atoms with Gasteiger partial charge in [-0.15, -0.1) is 0 Å². The Hall–Kier alpha value is -2.61. The van der Waals surface area contributed by atoms with Crippen LogP contribution in [0.2, 0.25) is 0 Å². The molecule has 1 unspecified atom stereocenters. The van der Waals surface area contributed by atoms with Crippen molar-refractivity contribution in [3.8, 4) is 0 Å². The highest BCUT2D eigenvalue weighted by molar-refractivity contribution is 5.73. The Morgan fingerprint density at radius 3 is 2.08 bits per heavy atom. The maximum atomic E-state index is 13.5. The second kappa shape index (κ2) is 12.1. The maximum Gasteiger partial charge on any atom is 0.490 e. The molecule has 2 heterocycles. The van der Waals surface area contributed by atoms with Gasteiger partial charge in [0, 0.05) is 38.4 Å². The highest BCUT2D eigenvalue weighted by Gasteiger charge is 2.42. The quantitative estimate of drug-likeness (QED) is 0.565. The summed E-state index contributed by atoms with van der Waals surface area (Å²) in [6.45, 7) is 6.07. The molecule has 3 aliphatic rings. The third kappa shape index (κ3) is 9.80. The first-order valence-electron chi connectivity index (χ1n) is 11.1. The summed E-state index contributed by atoms with van der Waals surface area (Å²) < 4.78 is 83.2. The third-order valence-electron chi connectivity index (χ3n) is 5.74. The predicted octanol–water partition coefficient (Wildman–Crippen LogP) is 4.17. The van der Waals surface area contributed by atoms with Crippen LogP contribution in [0, 0.1) is 11.7 Å². The Morgan fingerprint density at radius 1 is 1.00 bits per heavy atom. The maximum absolute atomic E-state index is 13.5. The molecule has 3 fully saturated rings. The number of carbonyl (C=O) groups is 2. The molecule has 1 aromatic carbocycles. The van der Waals surface area contributed by atoms with E-state index < -0.39 is 24.3 Å². The standard InChI is InChI=1S/C18H25FN2O.2C2HF3O2/c19-16-3-1-4-17(11-16)21-8-2-7-18(14-21)13-20(9-10-22-18)12-15-5-6-15;2*3-2(4,5)1(6)7/h1,3-4,11,15H,2,5-10,12-14H2;2*(H,6,7). The average Bonchev–Trinajstić information content (AvgIpc) is 3.57. The number of nitrogens with zero attached hydrogens (tertiary/aromatic N) is 2. The Labute approximate surface area is 202 Å². The van der Waals surface area contributed by atoms with Crippen molar-refractivity contribution >= 4 is 17.6 Å². The number of aliphatic carboxylic acids is 2. The Kier molecular flexibility index (Phi) is 9.94. The van der Waals surface area contributed by atoms with Gasteiger partial charge >= 0.3 is 24.3 Å². The van der Waals surface area contributed by atoms with Gasteiger partial charge in [-0.25, -0.2) is 14.0 Å². The van der Waals surface area contributed by atoms with Crippen LogP contribution < -0.4 is 4.90 Å². The summed E-state index contributed by atoms with van der Waals surface area (Å²) in [6, 6.07) is 6.96. The zero-order valence-corrected chi connectivity index (χ0v) is 19.1. The van der Waals surface area contributed by atoms with Gasteiger partial charge in [0.2, 0.25) is 0 Å². The molecule has 2 N–H and O–H groups in total. The summed E-state index contributed by atoms with van der Waals surface area (Å²) in [7, 11) is 0. The molecule has 1 atom stereocenters. The van der Waals surface area contributed by atoms with Gasteiger partial charge in [0.05, 0.1) is 12.2 Å². The molecule has 7 nitrogen and oxygen atoms in total. The first-order chi connectivity index (χ1) is 16.6. The highest BCUT2D eigenvalue weighted by atomic mass is 19.4. The molecule has 1 aliphatic carbocycles. The number of hydrogen-bond acceptors (Lipinski definition) is 5. The number of halogens is 7. The molecule has 204 valence electrons. The van der Waals surface area contributed by atoms with Crippen LogP contribution in [0.5, 0.6) is 0 Å². The lowest BCUT2D eigenvalue weighted by Gasteiger charge is -2.48. The molecular formula is C22H27F7N2O5. The number of alkyl halides is 6. The number of ether oxygens (including phenoxy) is 1. The van der Waals surface area contributed by atoms with Crippen LogP contribution in [0.3, 0.4) is 0 Å². The summed E-state index contributed by atoms with van der Waals surface area (Å²) in [5.41, 5.74) is 0.930. The van der Waals surface area contributed by atoms with Crippen molar-refractivity contribution in [3.63, 3.8) is 0 Å². The van der Waals surface area contributed by atoms with Gasteiger partial charge < -0.3 is 19.8 Å². The average molecular weight is 532 g/mol. The predicted molar refractivity (Wildman–Crippen MR) is 113 cm³/mol. The van der Waals surface area contributed by atoms with Crippen molar-refractivity contribution in [3.05, 3.63) is 30.1 Å². The lowest BCUT2D eigenvalue weighted by atomic mass is 9.90. The molecule has 2 aliphatic heterocycles. The van der Waals surface area contributed by atoms with E-state index in [1.807, 2.05) is 6.07 Å². The summed E-state index contributed by atoms with van der Waals surface area (Å²) in [4.78, 5) is 22.7. The van der Waals surface area contributed by atoms with E-state index in [-0.39, 0.29) is 11.4 Å². The zero-order valence-electron chi connectivity index (χ0n) is 19.1. The molecule has 36 heavy (non-hydrogen) atoms. The second-order valence-corrected chi connectivity index (χ2v) is 8.82. The Bertz CT molecular complexity index is 864. The van der Waals surface area contributed by atoms with E-state index in [2.05, 4.69) is 9.80 Å². The molecule has 14 heteroatoms. The third-order valence-corrected chi connectivity index (χ3v) is 5.74. The molecule has 0 radical (unpaired) electrons. The van der Waals surface area contributed by atoms with Crippen LogP contribution in [0.1, 0.15) is 25.7 Å². The topological polar surface area (TPSA) is 90.3 Å². The molecule has 1 spiro atoms. The number of carboxylic acids is 2. The number of morpholine rings is 1. The highest BCUT2D eigenvalue weighted by Crippen LogP contribution is 2.35. The smallest absolute Gasteiger partial charge is 0.475 e. The fourth-order valence-corrected chi connectivity index (χ4v) is 3.98. The van der Waals surface area contributed by atoms with E-state index in [4.69, 9.17) is 24.5 Å². The lowest BCUT2D eigenvalue weighted by Crippen LogP contribution is -2.60. The summed E-state index contributed by atoms with van der Waals surface area (Å²) in [5, 5.41) is 14.2. The van der Waals surface area contributed by atoms with E-state index in [0.717, 1.165) is 57.2 Å². The molecule has 1 aromatic rings. The van der Waals surface area contributed by atoms with Crippen molar-refractivity contribution in [2.45, 2.75) is 43.6 Å². The minimum atomic E-state index is -5.08. The molecule has 0 aromatic heterocycles. The SMILES string of the molecule is Fc1cccc(N2CCCC3(CN(CC4CC4)CCO3)C2)c1.O=C(O)C(F)(F)F.O=C(O)C(F)(F)F. The van der Waals surface area contributed by atoms with Crippen molar-refractivity contribution in [2.75, 3.05) is 44.2 Å². The van der Waals surface area contributed by atoms with Crippen LogP contribution in [0.15, 0.2) is 24.3 Å². The molecule has 1 saturated carbocycles. The first kappa shape index (κ1) is 29.6. The molecular weight excluding hydrogens is 505 g/mol. The number of carboxylic acid groups (broad SMARTS) is 2. The Balaban J connectivity index is 0.000000271. The monoisotopic (exact) mass is 532 g/mol. The van der Waals surface area contributed by atoms with Gasteiger partial charge in [0.25, 0.3) is 0 Å². The minimum absolute atomic E-state index is 0.0578. The molecule has 0 amide bonds. The van der Waals surface area contributed by atoms with Gasteiger partial charge in [-0.1, -0.05) is 6.07 Å². The first-order valence-corrected chi connectivity index (χ1v) is 11.1. The fraction of sp³-hybridized carbons (Fsp3) is 0.636. The molecule has 0 bridgehead atoms. The van der Waals surface area contributed by atoms with Crippen molar-refractivity contribution in [1.29, 1.82) is 0 Å². The van der Waals surface area contributed by atoms with Gasteiger partial charge in [0.15, 0.2) is 0 Å². The summed E-state index contributed by atoms with van der Waals surface area (Å²) in [6.07, 6.45) is -5.12. The van der Waals surface area contributed by atoms with Crippen LogP contribution in [-0.2, 0) is 14.3 Å². The van der Waals surface area contributed by atoms with Gasteiger partial charge in [0.1, 0.15) is 5.82 Å². The van der Waals surface area contributed by atoms with E-state index in [1.165, 1.54) is 25.5 Å². The van der Waals surface area contributed by atoms with Crippen LogP contribution >= 0.6 is 0 Å². The normalized spacial score (nSPS) is 22.7. The summed E-state index contributed by atoms with van der Waals surface area (Å²) >= 11 is 0. The van der Waals surface area contributed by atoms with Crippen molar-refractivity contribution < 1.29 is 55.3 Å². The van der Waals surface area contributed by atoms with Gasteiger partial charge in [-0.05, 0) is 49.8 Å². The molecule has 4 rings (SSSR count). The zero-order chi connectivity index (χ0) is 27.1. The van der Waals surface area contributed by atoms with E-state index >= 15 is 0 Å². The lowest BCUT2D eigenvalue weighted by molar-refractivity contribution is -0.193. The van der Waals surface area contributed by atoms with Crippen molar-refractivity contribution in [1.82, 2.24) is 4.90 Å². The minimum Gasteiger partial charge on any atom is -0.475 e. The number of rotatable bonds is 3. The number of benzene rings is 1. The van der Waals surface area contributed by atoms with Crippen LogP contribution in [-0.4, -0.2) is 84.3 Å². The van der Waals surface area contributed by atoms with Crippen LogP contribution in [0.25, 0.3) is 0 Å². The largest absolute Gasteiger partial charge is 0.490 e. The number of anilines is 1. The second-order valence-electron chi connectivity index (χ2n) is 8.82.